The van der Waals surface area contributed by atoms with Crippen molar-refractivity contribution in [1.29, 1.82) is 0 Å². The van der Waals surface area contributed by atoms with Gasteiger partial charge >= 0.3 is 0 Å². The summed E-state index contributed by atoms with van der Waals surface area (Å²) in [5.41, 5.74) is 10.2. The SMILES string of the molecule is CCCCC(=O)C1(C(N)=O)CCCC1N. The zero-order valence-corrected chi connectivity index (χ0v) is 9.29. The van der Waals surface area contributed by atoms with Crippen molar-refractivity contribution in [1.82, 2.24) is 0 Å². The van der Waals surface area contributed by atoms with E-state index in [1.807, 2.05) is 6.92 Å². The lowest BCUT2D eigenvalue weighted by molar-refractivity contribution is -0.140. The molecule has 1 amide bonds. The molecule has 0 spiro atoms. The Morgan fingerprint density at radius 2 is 2.13 bits per heavy atom. The predicted molar refractivity (Wildman–Crippen MR) is 58.0 cm³/mol. The van der Waals surface area contributed by atoms with E-state index in [0.717, 1.165) is 25.7 Å². The quantitative estimate of drug-likeness (QED) is 0.659. The highest BCUT2D eigenvalue weighted by Crippen LogP contribution is 2.39. The molecule has 0 aromatic carbocycles. The van der Waals surface area contributed by atoms with Gasteiger partial charge < -0.3 is 11.5 Å². The lowest BCUT2D eigenvalue weighted by Crippen LogP contribution is -2.52. The van der Waals surface area contributed by atoms with Crippen LogP contribution in [0.5, 0.6) is 0 Å². The maximum Gasteiger partial charge on any atom is 0.232 e. The van der Waals surface area contributed by atoms with Gasteiger partial charge in [0.25, 0.3) is 0 Å². The van der Waals surface area contributed by atoms with Gasteiger partial charge in [-0.15, -0.1) is 0 Å². The molecule has 4 heteroatoms. The third kappa shape index (κ3) is 2.04. The second-order valence-corrected chi connectivity index (χ2v) is 4.36. The van der Waals surface area contributed by atoms with Crippen LogP contribution in [0.4, 0.5) is 0 Å². The first kappa shape index (κ1) is 12.2. The topological polar surface area (TPSA) is 86.2 Å². The van der Waals surface area contributed by atoms with Crippen LogP contribution >= 0.6 is 0 Å². The number of ketones is 1. The lowest BCUT2D eigenvalue weighted by Gasteiger charge is -2.28. The van der Waals surface area contributed by atoms with Crippen LogP contribution in [0.25, 0.3) is 0 Å². The van der Waals surface area contributed by atoms with Crippen molar-refractivity contribution in [2.75, 3.05) is 0 Å². The average Bonchev–Trinajstić information content (AvgIpc) is 2.57. The largest absolute Gasteiger partial charge is 0.369 e. The van der Waals surface area contributed by atoms with Crippen molar-refractivity contribution in [2.24, 2.45) is 16.9 Å². The van der Waals surface area contributed by atoms with Gasteiger partial charge in [-0.05, 0) is 19.3 Å². The molecular formula is C11H20N2O2. The smallest absolute Gasteiger partial charge is 0.232 e. The Kier molecular flexibility index (Phi) is 3.85. The van der Waals surface area contributed by atoms with Gasteiger partial charge in [0, 0.05) is 12.5 Å². The number of hydrogen-bond donors (Lipinski definition) is 2. The average molecular weight is 212 g/mol. The standard InChI is InChI=1S/C11H20N2O2/c1-2-3-6-9(14)11(10(13)15)7-4-5-8(11)12/h8H,2-7,12H2,1H3,(H2,13,15). The molecular weight excluding hydrogens is 192 g/mol. The molecule has 4 nitrogen and oxygen atoms in total. The number of carbonyl (C=O) groups excluding carboxylic acids is 2. The van der Waals surface area contributed by atoms with E-state index in [1.165, 1.54) is 0 Å². The molecule has 0 aromatic rings. The van der Waals surface area contributed by atoms with E-state index >= 15 is 0 Å². The molecule has 1 aliphatic rings. The predicted octanol–water partition coefficient (Wildman–Crippen LogP) is 0.729. The van der Waals surface area contributed by atoms with Crippen molar-refractivity contribution in [3.63, 3.8) is 0 Å². The van der Waals surface area contributed by atoms with Crippen LogP contribution in [-0.4, -0.2) is 17.7 Å². The summed E-state index contributed by atoms with van der Waals surface area (Å²) in [5.74, 6) is -0.588. The number of amides is 1. The molecule has 4 N–H and O–H groups in total. The number of unbranched alkanes of at least 4 members (excludes halogenated alkanes) is 1. The maximum atomic E-state index is 12.0. The van der Waals surface area contributed by atoms with Gasteiger partial charge in [0.1, 0.15) is 11.2 Å². The minimum absolute atomic E-state index is 0.0538. The van der Waals surface area contributed by atoms with Crippen molar-refractivity contribution in [3.8, 4) is 0 Å². The zero-order valence-electron chi connectivity index (χ0n) is 9.29. The highest BCUT2D eigenvalue weighted by atomic mass is 16.2. The van der Waals surface area contributed by atoms with Crippen LogP contribution < -0.4 is 11.5 Å². The van der Waals surface area contributed by atoms with E-state index in [0.29, 0.717) is 12.8 Å². The fourth-order valence-electron chi connectivity index (χ4n) is 2.38. The summed E-state index contributed by atoms with van der Waals surface area (Å²) in [6.45, 7) is 2.01. The first-order chi connectivity index (χ1) is 7.05. The maximum absolute atomic E-state index is 12.0. The van der Waals surface area contributed by atoms with Crippen molar-refractivity contribution in [3.05, 3.63) is 0 Å². The van der Waals surface area contributed by atoms with Gasteiger partial charge in [0.05, 0.1) is 0 Å². The summed E-state index contributed by atoms with van der Waals surface area (Å²) in [6.07, 6.45) is 4.25. The Bertz CT molecular complexity index is 265. The Morgan fingerprint density at radius 3 is 2.53 bits per heavy atom. The minimum Gasteiger partial charge on any atom is -0.369 e. The van der Waals surface area contributed by atoms with Gasteiger partial charge in [-0.25, -0.2) is 0 Å². The van der Waals surface area contributed by atoms with Crippen LogP contribution in [0.3, 0.4) is 0 Å². The summed E-state index contributed by atoms with van der Waals surface area (Å²) in [4.78, 5) is 23.5. The van der Waals surface area contributed by atoms with Crippen LogP contribution in [0.15, 0.2) is 0 Å². The lowest BCUT2D eigenvalue weighted by atomic mass is 9.76. The third-order valence-electron chi connectivity index (χ3n) is 3.41. The molecule has 0 heterocycles. The Hall–Kier alpha value is -0.900. The van der Waals surface area contributed by atoms with E-state index in [2.05, 4.69) is 0 Å². The Balaban J connectivity index is 2.82. The zero-order chi connectivity index (χ0) is 11.5. The fraction of sp³-hybridized carbons (Fsp3) is 0.818. The monoisotopic (exact) mass is 212 g/mol. The highest BCUT2D eigenvalue weighted by Gasteiger charge is 2.51. The second kappa shape index (κ2) is 4.75. The molecule has 0 aromatic heterocycles. The summed E-state index contributed by atoms with van der Waals surface area (Å²) in [6, 6.07) is -0.376. The van der Waals surface area contributed by atoms with Crippen LogP contribution in [0.1, 0.15) is 45.4 Å². The fourth-order valence-corrected chi connectivity index (χ4v) is 2.38. The van der Waals surface area contributed by atoms with Gasteiger partial charge in [-0.2, -0.15) is 0 Å². The van der Waals surface area contributed by atoms with Gasteiger partial charge in [0.15, 0.2) is 0 Å². The molecule has 15 heavy (non-hydrogen) atoms. The normalized spacial score (nSPS) is 30.4. The number of primary amides is 1. The van der Waals surface area contributed by atoms with Crippen LogP contribution in [0.2, 0.25) is 0 Å². The number of nitrogens with two attached hydrogens (primary N) is 2. The molecule has 2 unspecified atom stereocenters. The molecule has 0 radical (unpaired) electrons. The molecule has 1 aliphatic carbocycles. The molecule has 86 valence electrons. The van der Waals surface area contributed by atoms with Gasteiger partial charge in [-0.1, -0.05) is 19.8 Å². The molecule has 0 aliphatic heterocycles. The van der Waals surface area contributed by atoms with E-state index < -0.39 is 11.3 Å². The van der Waals surface area contributed by atoms with Gasteiger partial charge in [0.2, 0.25) is 5.91 Å². The molecule has 0 saturated heterocycles. The van der Waals surface area contributed by atoms with E-state index in [4.69, 9.17) is 11.5 Å². The first-order valence-corrected chi connectivity index (χ1v) is 5.64. The highest BCUT2D eigenvalue weighted by molar-refractivity contribution is 6.06. The van der Waals surface area contributed by atoms with E-state index in [-0.39, 0.29) is 11.8 Å². The summed E-state index contributed by atoms with van der Waals surface area (Å²) in [7, 11) is 0. The molecule has 1 saturated carbocycles. The Labute approximate surface area is 90.4 Å². The van der Waals surface area contributed by atoms with Crippen LogP contribution in [-0.2, 0) is 9.59 Å². The van der Waals surface area contributed by atoms with Crippen molar-refractivity contribution in [2.45, 2.75) is 51.5 Å². The first-order valence-electron chi connectivity index (χ1n) is 5.64. The molecule has 0 bridgehead atoms. The summed E-state index contributed by atoms with van der Waals surface area (Å²) >= 11 is 0. The molecule has 1 rings (SSSR count). The number of Topliss-reactive ketones (excluding diaryl/α,β-unsaturated/α-hetero) is 1. The van der Waals surface area contributed by atoms with Crippen molar-refractivity contribution >= 4 is 11.7 Å². The number of carbonyl (C=O) groups is 2. The summed E-state index contributed by atoms with van der Waals surface area (Å²) in [5, 5.41) is 0. The Morgan fingerprint density at radius 1 is 1.47 bits per heavy atom. The number of rotatable bonds is 5. The molecule has 2 atom stereocenters. The van der Waals surface area contributed by atoms with Crippen molar-refractivity contribution < 1.29 is 9.59 Å². The third-order valence-corrected chi connectivity index (χ3v) is 3.41. The number of hydrogen-bond acceptors (Lipinski definition) is 3. The summed E-state index contributed by atoms with van der Waals surface area (Å²) < 4.78 is 0. The van der Waals surface area contributed by atoms with E-state index in [9.17, 15) is 9.59 Å². The minimum atomic E-state index is -1.06. The van der Waals surface area contributed by atoms with Crippen LogP contribution in [0, 0.1) is 5.41 Å². The molecule has 1 fully saturated rings. The van der Waals surface area contributed by atoms with Gasteiger partial charge in [-0.3, -0.25) is 9.59 Å². The van der Waals surface area contributed by atoms with E-state index in [1.54, 1.807) is 0 Å². The second-order valence-electron chi connectivity index (χ2n) is 4.36.